The molecule has 2 rings (SSSR count). The normalized spacial score (nSPS) is 40.2. The monoisotopic (exact) mass is 172 g/mol. The van der Waals surface area contributed by atoms with E-state index in [1.807, 2.05) is 6.92 Å². The molecule has 2 saturated heterocycles. The van der Waals surface area contributed by atoms with Gasteiger partial charge in [0.25, 0.3) is 0 Å². The Morgan fingerprint density at radius 3 is 2.83 bits per heavy atom. The molecule has 2 fully saturated rings. The molecule has 0 aliphatic carbocycles. The van der Waals surface area contributed by atoms with Crippen molar-refractivity contribution >= 4 is 0 Å². The Labute approximate surface area is 73.0 Å². The third-order valence-corrected chi connectivity index (χ3v) is 2.42. The predicted molar refractivity (Wildman–Crippen MR) is 44.1 cm³/mol. The fourth-order valence-electron chi connectivity index (χ4n) is 1.65. The number of hydrogen-bond donors (Lipinski definition) is 0. The van der Waals surface area contributed by atoms with Crippen LogP contribution >= 0.6 is 0 Å². The molecule has 2 aliphatic heterocycles. The average molecular weight is 172 g/mol. The lowest BCUT2D eigenvalue weighted by atomic mass is 10.1. The molecule has 12 heavy (non-hydrogen) atoms. The topological polar surface area (TPSA) is 31.0 Å². The first-order valence-corrected chi connectivity index (χ1v) is 4.75. The van der Waals surface area contributed by atoms with Gasteiger partial charge < -0.3 is 14.2 Å². The van der Waals surface area contributed by atoms with E-state index in [4.69, 9.17) is 14.2 Å². The van der Waals surface area contributed by atoms with Crippen molar-refractivity contribution in [2.45, 2.75) is 38.1 Å². The van der Waals surface area contributed by atoms with Gasteiger partial charge in [0.1, 0.15) is 6.10 Å². The van der Waals surface area contributed by atoms with Crippen molar-refractivity contribution in [2.75, 3.05) is 19.8 Å². The first kappa shape index (κ1) is 8.48. The van der Waals surface area contributed by atoms with Crippen molar-refractivity contribution in [3.63, 3.8) is 0 Å². The Kier molecular flexibility index (Phi) is 2.63. The van der Waals surface area contributed by atoms with Gasteiger partial charge in [0.2, 0.25) is 0 Å². The van der Waals surface area contributed by atoms with E-state index >= 15 is 0 Å². The predicted octanol–water partition coefficient (Wildman–Crippen LogP) is 0.969. The maximum atomic E-state index is 5.74. The highest BCUT2D eigenvalue weighted by Gasteiger charge is 2.38. The summed E-state index contributed by atoms with van der Waals surface area (Å²) in [4.78, 5) is 0. The molecule has 0 radical (unpaired) electrons. The van der Waals surface area contributed by atoms with E-state index in [9.17, 15) is 0 Å². The van der Waals surface area contributed by atoms with Crippen molar-refractivity contribution in [1.82, 2.24) is 0 Å². The SMILES string of the molecule is CCOCC1CCC(C2CO2)O1. The molecule has 3 heteroatoms. The zero-order valence-corrected chi connectivity index (χ0v) is 7.49. The van der Waals surface area contributed by atoms with Crippen LogP contribution in [0.3, 0.4) is 0 Å². The molecule has 3 nitrogen and oxygen atoms in total. The fraction of sp³-hybridized carbons (Fsp3) is 1.00. The quantitative estimate of drug-likeness (QED) is 0.592. The summed E-state index contributed by atoms with van der Waals surface area (Å²) in [5.41, 5.74) is 0. The van der Waals surface area contributed by atoms with Crippen LogP contribution in [0.1, 0.15) is 19.8 Å². The van der Waals surface area contributed by atoms with Gasteiger partial charge in [-0.25, -0.2) is 0 Å². The van der Waals surface area contributed by atoms with Crippen LogP contribution in [0, 0.1) is 0 Å². The Hall–Kier alpha value is -0.120. The average Bonchev–Trinajstić information content (AvgIpc) is 2.83. The van der Waals surface area contributed by atoms with Gasteiger partial charge in [-0.15, -0.1) is 0 Å². The summed E-state index contributed by atoms with van der Waals surface area (Å²) in [6.45, 7) is 4.44. The number of rotatable bonds is 4. The third-order valence-electron chi connectivity index (χ3n) is 2.42. The zero-order chi connectivity index (χ0) is 8.39. The molecular formula is C9H16O3. The minimum absolute atomic E-state index is 0.319. The molecule has 70 valence electrons. The van der Waals surface area contributed by atoms with E-state index in [1.54, 1.807) is 0 Å². The molecule has 3 atom stereocenters. The van der Waals surface area contributed by atoms with E-state index in [-0.39, 0.29) is 0 Å². The van der Waals surface area contributed by atoms with Crippen LogP contribution in [0.15, 0.2) is 0 Å². The highest BCUT2D eigenvalue weighted by molar-refractivity contribution is 4.85. The van der Waals surface area contributed by atoms with E-state index < -0.39 is 0 Å². The largest absolute Gasteiger partial charge is 0.379 e. The van der Waals surface area contributed by atoms with Crippen molar-refractivity contribution in [3.05, 3.63) is 0 Å². The van der Waals surface area contributed by atoms with Crippen molar-refractivity contribution < 1.29 is 14.2 Å². The molecular weight excluding hydrogens is 156 g/mol. The molecule has 0 N–H and O–H groups in total. The Morgan fingerprint density at radius 2 is 2.17 bits per heavy atom. The van der Waals surface area contributed by atoms with Gasteiger partial charge in [0.05, 0.1) is 25.4 Å². The van der Waals surface area contributed by atoms with Crippen LogP contribution in [0.2, 0.25) is 0 Å². The molecule has 0 aromatic carbocycles. The molecule has 0 aromatic heterocycles. The van der Waals surface area contributed by atoms with E-state index in [0.29, 0.717) is 18.3 Å². The summed E-state index contributed by atoms with van der Waals surface area (Å²) >= 11 is 0. The lowest BCUT2D eigenvalue weighted by Crippen LogP contribution is -2.20. The Bertz CT molecular complexity index is 145. The van der Waals surface area contributed by atoms with E-state index in [0.717, 1.165) is 32.7 Å². The van der Waals surface area contributed by atoms with Crippen LogP contribution in [-0.2, 0) is 14.2 Å². The number of hydrogen-bond acceptors (Lipinski definition) is 3. The first-order chi connectivity index (χ1) is 5.90. The minimum Gasteiger partial charge on any atom is -0.379 e. The number of ether oxygens (including phenoxy) is 3. The molecule has 0 bridgehead atoms. The molecule has 2 heterocycles. The van der Waals surface area contributed by atoms with Crippen LogP contribution < -0.4 is 0 Å². The summed E-state index contributed by atoms with van der Waals surface area (Å²) in [7, 11) is 0. The smallest absolute Gasteiger partial charge is 0.107 e. The van der Waals surface area contributed by atoms with Gasteiger partial charge >= 0.3 is 0 Å². The second-order valence-corrected chi connectivity index (χ2v) is 3.41. The van der Waals surface area contributed by atoms with Crippen LogP contribution in [0.4, 0.5) is 0 Å². The molecule has 0 amide bonds. The summed E-state index contributed by atoms with van der Waals surface area (Å²) in [6.07, 6.45) is 3.35. The van der Waals surface area contributed by atoms with E-state index in [1.165, 1.54) is 0 Å². The molecule has 0 saturated carbocycles. The second-order valence-electron chi connectivity index (χ2n) is 3.41. The lowest BCUT2D eigenvalue weighted by molar-refractivity contribution is -0.0202. The standard InChI is InChI=1S/C9H16O3/c1-2-10-5-7-3-4-8(12-7)9-6-11-9/h7-9H,2-6H2,1H3. The van der Waals surface area contributed by atoms with Crippen LogP contribution in [0.25, 0.3) is 0 Å². The number of epoxide rings is 1. The molecule has 2 aliphatic rings. The maximum absolute atomic E-state index is 5.74. The van der Waals surface area contributed by atoms with Crippen molar-refractivity contribution in [3.8, 4) is 0 Å². The minimum atomic E-state index is 0.319. The second kappa shape index (κ2) is 3.73. The summed E-state index contributed by atoms with van der Waals surface area (Å²) in [5, 5.41) is 0. The van der Waals surface area contributed by atoms with Gasteiger partial charge in [0, 0.05) is 6.61 Å². The summed E-state index contributed by atoms with van der Waals surface area (Å²) < 4.78 is 16.2. The van der Waals surface area contributed by atoms with Gasteiger partial charge in [-0.2, -0.15) is 0 Å². The van der Waals surface area contributed by atoms with Gasteiger partial charge in [-0.05, 0) is 19.8 Å². The van der Waals surface area contributed by atoms with Crippen molar-refractivity contribution in [2.24, 2.45) is 0 Å². The van der Waals surface area contributed by atoms with Gasteiger partial charge in [-0.3, -0.25) is 0 Å². The third kappa shape index (κ3) is 1.97. The highest BCUT2D eigenvalue weighted by atomic mass is 16.6. The first-order valence-electron chi connectivity index (χ1n) is 4.75. The zero-order valence-electron chi connectivity index (χ0n) is 7.49. The molecule has 0 spiro atoms. The van der Waals surface area contributed by atoms with Crippen LogP contribution in [-0.4, -0.2) is 38.1 Å². The van der Waals surface area contributed by atoms with Crippen LogP contribution in [0.5, 0.6) is 0 Å². The van der Waals surface area contributed by atoms with Gasteiger partial charge in [0.15, 0.2) is 0 Å². The highest BCUT2D eigenvalue weighted by Crippen LogP contribution is 2.29. The van der Waals surface area contributed by atoms with E-state index in [2.05, 4.69) is 0 Å². The summed E-state index contributed by atoms with van der Waals surface area (Å²) in [5.74, 6) is 0. The molecule has 3 unspecified atom stereocenters. The lowest BCUT2D eigenvalue weighted by Gasteiger charge is -2.11. The van der Waals surface area contributed by atoms with Gasteiger partial charge in [-0.1, -0.05) is 0 Å². The van der Waals surface area contributed by atoms with Crippen molar-refractivity contribution in [1.29, 1.82) is 0 Å². The fourth-order valence-corrected chi connectivity index (χ4v) is 1.65. The molecule has 0 aromatic rings. The maximum Gasteiger partial charge on any atom is 0.107 e. The Morgan fingerprint density at radius 1 is 1.33 bits per heavy atom. The summed E-state index contributed by atoms with van der Waals surface area (Å²) in [6, 6.07) is 0. The Balaban J connectivity index is 1.67.